The van der Waals surface area contributed by atoms with Crippen LogP contribution < -0.4 is 10.2 Å². The van der Waals surface area contributed by atoms with Gasteiger partial charge in [0.25, 0.3) is 5.91 Å². The summed E-state index contributed by atoms with van der Waals surface area (Å²) in [6.07, 6.45) is 0.707. The molecule has 136 valence electrons. The first kappa shape index (κ1) is 20.4. The van der Waals surface area contributed by atoms with E-state index in [1.54, 1.807) is 31.1 Å². The highest BCUT2D eigenvalue weighted by atomic mass is 32.2. The first-order chi connectivity index (χ1) is 11.2. The summed E-state index contributed by atoms with van der Waals surface area (Å²) in [5.41, 5.74) is 0.856. The third-order valence-corrected chi connectivity index (χ3v) is 5.26. The molecule has 0 spiro atoms. The van der Waals surface area contributed by atoms with Crippen molar-refractivity contribution >= 4 is 21.6 Å². The van der Waals surface area contributed by atoms with E-state index in [9.17, 15) is 13.2 Å². The summed E-state index contributed by atoms with van der Waals surface area (Å²) < 4.78 is 31.4. The van der Waals surface area contributed by atoms with Gasteiger partial charge in [0.05, 0.1) is 5.69 Å². The number of nitrogens with zero attached hydrogens (tertiary/aromatic N) is 2. The molecule has 0 aliphatic rings. The van der Waals surface area contributed by atoms with Gasteiger partial charge < -0.3 is 15.0 Å². The highest BCUT2D eigenvalue weighted by Gasteiger charge is 2.24. The number of amides is 1. The summed E-state index contributed by atoms with van der Waals surface area (Å²) >= 11 is 0. The summed E-state index contributed by atoms with van der Waals surface area (Å²) in [4.78, 5) is 14.1. The molecule has 1 aromatic rings. The largest absolute Gasteiger partial charge is 0.382 e. The lowest BCUT2D eigenvalue weighted by molar-refractivity contribution is 0.0944. The van der Waals surface area contributed by atoms with Crippen molar-refractivity contribution in [3.8, 4) is 0 Å². The number of carbonyl (C=O) groups excluding carboxylic acids is 1. The molecule has 0 saturated heterocycles. The van der Waals surface area contributed by atoms with Gasteiger partial charge in [-0.05, 0) is 31.5 Å². The smallest absolute Gasteiger partial charge is 0.251 e. The Morgan fingerprint density at radius 1 is 1.21 bits per heavy atom. The minimum atomic E-state index is -3.65. The average molecular weight is 357 g/mol. The van der Waals surface area contributed by atoms with Gasteiger partial charge in [0.1, 0.15) is 4.90 Å². The number of benzene rings is 1. The predicted octanol–water partition coefficient (Wildman–Crippen LogP) is 1.16. The first-order valence-electron chi connectivity index (χ1n) is 7.81. The van der Waals surface area contributed by atoms with Crippen molar-refractivity contribution in [1.82, 2.24) is 9.62 Å². The molecule has 1 N–H and O–H groups in total. The number of sulfonamides is 1. The zero-order valence-electron chi connectivity index (χ0n) is 15.0. The summed E-state index contributed by atoms with van der Waals surface area (Å²) in [7, 11) is 2.81. The monoisotopic (exact) mass is 357 g/mol. The lowest BCUT2D eigenvalue weighted by atomic mass is 10.2. The van der Waals surface area contributed by atoms with Crippen LogP contribution in [0.1, 0.15) is 23.7 Å². The second-order valence-corrected chi connectivity index (χ2v) is 7.79. The highest BCUT2D eigenvalue weighted by molar-refractivity contribution is 7.89. The van der Waals surface area contributed by atoms with Gasteiger partial charge in [-0.25, -0.2) is 12.7 Å². The van der Waals surface area contributed by atoms with E-state index in [1.807, 2.05) is 6.92 Å². The molecule has 0 radical (unpaired) electrons. The molecule has 0 fully saturated rings. The molecule has 0 aliphatic heterocycles. The third-order valence-electron chi connectivity index (χ3n) is 3.42. The molecule has 7 nitrogen and oxygen atoms in total. The van der Waals surface area contributed by atoms with Gasteiger partial charge in [-0.3, -0.25) is 4.79 Å². The number of hydrogen-bond donors (Lipinski definition) is 1. The maximum atomic E-state index is 12.5. The molecule has 0 atom stereocenters. The normalized spacial score (nSPS) is 11.6. The van der Waals surface area contributed by atoms with Gasteiger partial charge in [-0.2, -0.15) is 0 Å². The van der Waals surface area contributed by atoms with Crippen molar-refractivity contribution in [1.29, 1.82) is 0 Å². The van der Waals surface area contributed by atoms with E-state index < -0.39 is 10.0 Å². The van der Waals surface area contributed by atoms with Gasteiger partial charge in [-0.1, -0.05) is 0 Å². The lowest BCUT2D eigenvalue weighted by Gasteiger charge is -2.20. The van der Waals surface area contributed by atoms with Crippen LogP contribution >= 0.6 is 0 Å². The molecule has 0 bridgehead atoms. The maximum Gasteiger partial charge on any atom is 0.251 e. The van der Waals surface area contributed by atoms with E-state index in [0.717, 1.165) is 4.31 Å². The summed E-state index contributed by atoms with van der Waals surface area (Å²) in [5, 5.41) is 2.77. The second kappa shape index (κ2) is 9.00. The number of anilines is 1. The van der Waals surface area contributed by atoms with Gasteiger partial charge in [0.2, 0.25) is 10.0 Å². The lowest BCUT2D eigenvalue weighted by Crippen LogP contribution is -2.28. The average Bonchev–Trinajstić information content (AvgIpc) is 2.53. The summed E-state index contributed by atoms with van der Waals surface area (Å²) in [5.74, 6) is -0.299. The Kier molecular flexibility index (Phi) is 7.65. The molecule has 1 aromatic carbocycles. The second-order valence-electron chi connectivity index (χ2n) is 5.67. The quantitative estimate of drug-likeness (QED) is 0.671. The van der Waals surface area contributed by atoms with E-state index >= 15 is 0 Å². The fourth-order valence-electron chi connectivity index (χ4n) is 2.05. The van der Waals surface area contributed by atoms with Crippen LogP contribution in [0.5, 0.6) is 0 Å². The minimum Gasteiger partial charge on any atom is -0.382 e. The minimum absolute atomic E-state index is 0.111. The highest BCUT2D eigenvalue weighted by Crippen LogP contribution is 2.27. The number of hydrogen-bond acceptors (Lipinski definition) is 5. The molecule has 1 amide bonds. The maximum absolute atomic E-state index is 12.5. The zero-order chi connectivity index (χ0) is 18.3. The molecule has 0 aromatic heterocycles. The van der Waals surface area contributed by atoms with Crippen molar-refractivity contribution < 1.29 is 17.9 Å². The fourth-order valence-corrected chi connectivity index (χ4v) is 3.23. The fraction of sp³-hybridized carbons (Fsp3) is 0.562. The number of ether oxygens (including phenoxy) is 1. The Morgan fingerprint density at radius 2 is 1.88 bits per heavy atom. The van der Waals surface area contributed by atoms with E-state index in [4.69, 9.17) is 4.74 Å². The van der Waals surface area contributed by atoms with Gasteiger partial charge in [-0.15, -0.1) is 0 Å². The molecular weight excluding hydrogens is 330 g/mol. The van der Waals surface area contributed by atoms with E-state index in [1.165, 1.54) is 20.2 Å². The molecule has 0 heterocycles. The molecule has 0 saturated carbocycles. The third kappa shape index (κ3) is 5.19. The first-order valence-corrected chi connectivity index (χ1v) is 9.25. The van der Waals surface area contributed by atoms with Crippen LogP contribution in [0.3, 0.4) is 0 Å². The topological polar surface area (TPSA) is 79.0 Å². The molecule has 0 aliphatic carbocycles. The van der Waals surface area contributed by atoms with Gasteiger partial charge in [0.15, 0.2) is 0 Å². The van der Waals surface area contributed by atoms with Gasteiger partial charge >= 0.3 is 0 Å². The number of carbonyl (C=O) groups is 1. The zero-order valence-corrected chi connectivity index (χ0v) is 15.8. The predicted molar refractivity (Wildman–Crippen MR) is 95.1 cm³/mol. The number of nitrogens with one attached hydrogen (secondary N) is 1. The molecule has 0 unspecified atom stereocenters. The van der Waals surface area contributed by atoms with Crippen LogP contribution in [-0.4, -0.2) is 66.6 Å². The Morgan fingerprint density at radius 3 is 2.42 bits per heavy atom. The van der Waals surface area contributed by atoms with Crippen LogP contribution in [0.25, 0.3) is 0 Å². The van der Waals surface area contributed by atoms with Crippen LogP contribution in [0.2, 0.25) is 0 Å². The number of rotatable bonds is 9. The van der Waals surface area contributed by atoms with Crippen molar-refractivity contribution in [3.63, 3.8) is 0 Å². The van der Waals surface area contributed by atoms with Crippen LogP contribution in [0, 0.1) is 0 Å². The van der Waals surface area contributed by atoms with Crippen molar-refractivity contribution in [2.45, 2.75) is 18.2 Å². The van der Waals surface area contributed by atoms with E-state index in [0.29, 0.717) is 37.4 Å². The van der Waals surface area contributed by atoms with Crippen molar-refractivity contribution in [3.05, 3.63) is 23.8 Å². The molecule has 24 heavy (non-hydrogen) atoms. The van der Waals surface area contributed by atoms with Crippen LogP contribution in [0.15, 0.2) is 23.1 Å². The standard InChI is InChI=1S/C16H27N3O4S/c1-6-23-11-7-10-17-16(20)13-8-9-14(18(2)3)15(12-13)24(21,22)19(4)5/h8-9,12H,6-7,10-11H2,1-5H3,(H,17,20). The molecule has 1 rings (SSSR count). The summed E-state index contributed by atoms with van der Waals surface area (Å²) in [6.45, 7) is 3.62. The van der Waals surface area contributed by atoms with Crippen molar-refractivity contribution in [2.75, 3.05) is 52.8 Å². The van der Waals surface area contributed by atoms with Crippen molar-refractivity contribution in [2.24, 2.45) is 0 Å². The molecule has 8 heteroatoms. The van der Waals surface area contributed by atoms with Crippen LogP contribution in [0.4, 0.5) is 5.69 Å². The molecular formula is C16H27N3O4S. The Bertz CT molecular complexity index is 657. The Labute approximate surface area is 144 Å². The Hall–Kier alpha value is -1.64. The van der Waals surface area contributed by atoms with Gasteiger partial charge in [0, 0.05) is 53.5 Å². The SMILES string of the molecule is CCOCCCNC(=O)c1ccc(N(C)C)c(S(=O)(=O)N(C)C)c1. The van der Waals surface area contributed by atoms with Crippen LogP contribution in [-0.2, 0) is 14.8 Å². The van der Waals surface area contributed by atoms with E-state index in [-0.39, 0.29) is 10.8 Å². The van der Waals surface area contributed by atoms with E-state index in [2.05, 4.69) is 5.32 Å². The summed E-state index contributed by atoms with van der Waals surface area (Å²) in [6, 6.07) is 4.69. The Balaban J connectivity index is 3.01.